The van der Waals surface area contributed by atoms with Gasteiger partial charge in [0.15, 0.2) is 0 Å². The Morgan fingerprint density at radius 2 is 1.56 bits per heavy atom. The van der Waals surface area contributed by atoms with Crippen molar-refractivity contribution in [3.05, 3.63) is 36.4 Å². The average molecular weight is 483 g/mol. The van der Waals surface area contributed by atoms with Gasteiger partial charge in [0.05, 0.1) is 17.4 Å². The van der Waals surface area contributed by atoms with E-state index in [0.717, 1.165) is 12.8 Å². The lowest BCUT2D eigenvalue weighted by molar-refractivity contribution is 0.127. The fourth-order valence-corrected chi connectivity index (χ4v) is 4.96. The van der Waals surface area contributed by atoms with Crippen LogP contribution in [0.25, 0.3) is 33.7 Å². The number of piperidine rings is 1. The van der Waals surface area contributed by atoms with Crippen molar-refractivity contribution in [2.24, 2.45) is 0 Å². The minimum Gasteiger partial charge on any atom is -0.507 e. The molecule has 0 bridgehead atoms. The maximum atomic E-state index is 10.6. The molecular formula is C23H27ClN8O2. The summed E-state index contributed by atoms with van der Waals surface area (Å²) >= 11 is 0. The zero-order valence-electron chi connectivity index (χ0n) is 19.4. The number of benzene rings is 1. The number of rotatable bonds is 3. The van der Waals surface area contributed by atoms with Gasteiger partial charge in [-0.05, 0) is 64.8 Å². The second-order valence-electron chi connectivity index (χ2n) is 9.94. The van der Waals surface area contributed by atoms with Crippen molar-refractivity contribution in [1.82, 2.24) is 40.7 Å². The predicted molar refractivity (Wildman–Crippen MR) is 130 cm³/mol. The van der Waals surface area contributed by atoms with Gasteiger partial charge in [0.1, 0.15) is 11.3 Å². The first-order chi connectivity index (χ1) is 15.6. The summed E-state index contributed by atoms with van der Waals surface area (Å²) in [4.78, 5) is 0. The van der Waals surface area contributed by atoms with Crippen LogP contribution in [0, 0.1) is 0 Å². The third-order valence-corrected chi connectivity index (χ3v) is 5.96. The fraction of sp³-hybridized carbons (Fsp3) is 0.391. The number of phenols is 1. The second-order valence-corrected chi connectivity index (χ2v) is 9.94. The molecule has 1 saturated heterocycles. The van der Waals surface area contributed by atoms with E-state index in [0.29, 0.717) is 33.7 Å². The molecule has 10 nitrogen and oxygen atoms in total. The smallest absolute Gasteiger partial charge is 0.230 e. The van der Waals surface area contributed by atoms with Gasteiger partial charge in [0.2, 0.25) is 11.5 Å². The minimum atomic E-state index is -0.159. The molecular weight excluding hydrogens is 456 g/mol. The van der Waals surface area contributed by atoms with Gasteiger partial charge in [-0.2, -0.15) is 0 Å². The molecule has 3 aromatic heterocycles. The first kappa shape index (κ1) is 23.8. The van der Waals surface area contributed by atoms with Gasteiger partial charge in [-0.1, -0.05) is 11.3 Å². The van der Waals surface area contributed by atoms with Crippen LogP contribution in [0.5, 0.6) is 11.6 Å². The Bertz CT molecular complexity index is 1320. The normalized spacial score (nSPS) is 17.4. The fourth-order valence-electron chi connectivity index (χ4n) is 4.96. The van der Waals surface area contributed by atoms with E-state index < -0.39 is 0 Å². The molecule has 0 spiro atoms. The van der Waals surface area contributed by atoms with Crippen LogP contribution < -0.4 is 5.32 Å². The number of fused-ring (bicyclic) bond motifs is 1. The van der Waals surface area contributed by atoms with Crippen molar-refractivity contribution in [2.75, 3.05) is 0 Å². The van der Waals surface area contributed by atoms with E-state index >= 15 is 0 Å². The number of aromatic nitrogens is 7. The molecule has 11 heteroatoms. The zero-order chi connectivity index (χ0) is 23.4. The van der Waals surface area contributed by atoms with Gasteiger partial charge in [0, 0.05) is 28.3 Å². The van der Waals surface area contributed by atoms with E-state index in [2.05, 4.69) is 63.7 Å². The van der Waals surface area contributed by atoms with Crippen LogP contribution in [0.3, 0.4) is 0 Å². The summed E-state index contributed by atoms with van der Waals surface area (Å²) < 4.78 is 1.88. The molecule has 4 aromatic rings. The summed E-state index contributed by atoms with van der Waals surface area (Å²) in [6.45, 7) is 8.78. The Balaban J connectivity index is 0.00000274. The quantitative estimate of drug-likeness (QED) is 0.399. The number of halogens is 1. The molecule has 1 aromatic carbocycles. The highest BCUT2D eigenvalue weighted by Gasteiger charge is 2.39. The molecule has 5 rings (SSSR count). The van der Waals surface area contributed by atoms with Gasteiger partial charge >= 0.3 is 0 Å². The van der Waals surface area contributed by atoms with Crippen molar-refractivity contribution >= 4 is 23.6 Å². The van der Waals surface area contributed by atoms with Crippen LogP contribution in [-0.2, 0) is 0 Å². The Kier molecular flexibility index (Phi) is 5.91. The number of hydrogen-bond donors (Lipinski definition) is 3. The molecule has 0 aliphatic carbocycles. The SMILES string of the molecule is CC1(C)CC(n2nnc3cc(-c4ccc(-c5ccc(O)nn5)cc4O)nnc32)CC(C)(C)N1.Cl. The van der Waals surface area contributed by atoms with E-state index in [9.17, 15) is 10.2 Å². The van der Waals surface area contributed by atoms with E-state index in [1.165, 1.54) is 6.07 Å². The van der Waals surface area contributed by atoms with Crippen LogP contribution in [0.2, 0.25) is 0 Å². The van der Waals surface area contributed by atoms with E-state index in [-0.39, 0.29) is 41.2 Å². The number of hydrogen-bond acceptors (Lipinski definition) is 9. The Hall–Kier alpha value is -3.37. The molecule has 0 radical (unpaired) electrons. The van der Waals surface area contributed by atoms with Gasteiger partial charge in [0.25, 0.3) is 0 Å². The molecule has 1 aliphatic rings. The lowest BCUT2D eigenvalue weighted by Gasteiger charge is -2.46. The Morgan fingerprint density at radius 3 is 2.21 bits per heavy atom. The number of aromatic hydroxyl groups is 2. The zero-order valence-corrected chi connectivity index (χ0v) is 20.2. The molecule has 1 aliphatic heterocycles. The maximum absolute atomic E-state index is 10.6. The highest BCUT2D eigenvalue weighted by atomic mass is 35.5. The molecule has 1 fully saturated rings. The predicted octanol–water partition coefficient (Wildman–Crippen LogP) is 3.66. The molecule has 178 valence electrons. The molecule has 0 saturated carbocycles. The molecule has 0 unspecified atom stereocenters. The molecule has 0 atom stereocenters. The highest BCUT2D eigenvalue weighted by molar-refractivity contribution is 5.85. The van der Waals surface area contributed by atoms with Crippen molar-refractivity contribution in [1.29, 1.82) is 0 Å². The van der Waals surface area contributed by atoms with Crippen molar-refractivity contribution < 1.29 is 10.2 Å². The van der Waals surface area contributed by atoms with Crippen LogP contribution in [0.15, 0.2) is 36.4 Å². The molecule has 3 N–H and O–H groups in total. The summed E-state index contributed by atoms with van der Waals surface area (Å²) in [6.07, 6.45) is 1.81. The maximum Gasteiger partial charge on any atom is 0.230 e. The van der Waals surface area contributed by atoms with Crippen molar-refractivity contribution in [3.8, 4) is 34.1 Å². The number of nitrogens with zero attached hydrogens (tertiary/aromatic N) is 7. The third kappa shape index (κ3) is 4.51. The Labute approximate surface area is 202 Å². The van der Waals surface area contributed by atoms with Crippen LogP contribution in [-0.4, -0.2) is 56.7 Å². The standard InChI is InChI=1S/C23H26N8O2.ClH/c1-22(2)11-14(12-23(3,4)29-22)31-21-18(26-30-31)10-17(25-28-21)15-6-5-13(9-19(15)32)16-7-8-20(33)27-24-16;/h5-10,14,29,32H,11-12H2,1-4H3,(H,27,33);1H. The van der Waals surface area contributed by atoms with E-state index in [4.69, 9.17) is 0 Å². The topological polar surface area (TPSA) is 135 Å². The van der Waals surface area contributed by atoms with E-state index in [1.54, 1.807) is 30.3 Å². The van der Waals surface area contributed by atoms with Crippen LogP contribution in [0.1, 0.15) is 46.6 Å². The highest BCUT2D eigenvalue weighted by Crippen LogP contribution is 2.37. The number of nitrogens with one attached hydrogen (secondary N) is 1. The third-order valence-electron chi connectivity index (χ3n) is 5.96. The lowest BCUT2D eigenvalue weighted by atomic mass is 9.80. The molecule has 34 heavy (non-hydrogen) atoms. The second kappa shape index (κ2) is 8.44. The lowest BCUT2D eigenvalue weighted by Crippen LogP contribution is -2.58. The first-order valence-electron chi connectivity index (χ1n) is 10.8. The van der Waals surface area contributed by atoms with Gasteiger partial charge in [-0.15, -0.1) is 37.9 Å². The summed E-state index contributed by atoms with van der Waals surface area (Å²) in [5.41, 5.74) is 3.42. The Morgan fingerprint density at radius 1 is 0.853 bits per heavy atom. The summed E-state index contributed by atoms with van der Waals surface area (Å²) in [5, 5.41) is 48.8. The van der Waals surface area contributed by atoms with Crippen LogP contribution in [0.4, 0.5) is 0 Å². The first-order valence-corrected chi connectivity index (χ1v) is 10.8. The monoisotopic (exact) mass is 482 g/mol. The molecule has 0 amide bonds. The summed E-state index contributed by atoms with van der Waals surface area (Å²) in [5.74, 6) is -0.127. The average Bonchev–Trinajstić information content (AvgIpc) is 3.15. The van der Waals surface area contributed by atoms with Crippen molar-refractivity contribution in [2.45, 2.75) is 57.7 Å². The largest absolute Gasteiger partial charge is 0.507 e. The van der Waals surface area contributed by atoms with Crippen molar-refractivity contribution in [3.63, 3.8) is 0 Å². The number of phenolic OH excluding ortho intramolecular Hbond substituents is 1. The molecule has 4 heterocycles. The van der Waals surface area contributed by atoms with E-state index in [1.807, 2.05) is 4.68 Å². The summed E-state index contributed by atoms with van der Waals surface area (Å²) in [6, 6.07) is 10.2. The van der Waals surface area contributed by atoms with Gasteiger partial charge < -0.3 is 15.5 Å². The summed E-state index contributed by atoms with van der Waals surface area (Å²) in [7, 11) is 0. The minimum absolute atomic E-state index is 0. The van der Waals surface area contributed by atoms with Crippen LogP contribution >= 0.6 is 12.4 Å². The van der Waals surface area contributed by atoms with Gasteiger partial charge in [-0.3, -0.25) is 0 Å². The van der Waals surface area contributed by atoms with Gasteiger partial charge in [-0.25, -0.2) is 4.68 Å².